The average Bonchev–Trinajstić information content (AvgIpc) is 2.78. The summed E-state index contributed by atoms with van der Waals surface area (Å²) in [5.74, 6) is -2.33. The molecule has 0 saturated heterocycles. The van der Waals surface area contributed by atoms with Crippen LogP contribution < -0.4 is 21.7 Å². The number of hydrogen-bond acceptors (Lipinski definition) is 6. The predicted octanol–water partition coefficient (Wildman–Crippen LogP) is 0.526. The molecule has 0 fully saturated rings. The number of benzene rings is 1. The molecule has 0 aliphatic rings. The minimum absolute atomic E-state index is 0.231. The van der Waals surface area contributed by atoms with Gasteiger partial charge in [-0.05, 0) is 36.3 Å². The lowest BCUT2D eigenvalue weighted by molar-refractivity contribution is -0.139. The zero-order valence-corrected chi connectivity index (χ0v) is 19.6. The van der Waals surface area contributed by atoms with Crippen LogP contribution >= 0.6 is 11.8 Å². The number of rotatable bonds is 14. The molecule has 0 spiro atoms. The molecule has 1 rings (SSSR count). The van der Waals surface area contributed by atoms with Crippen molar-refractivity contribution in [1.82, 2.24) is 16.0 Å². The number of thioether (sulfide) groups is 1. The molecule has 0 bridgehead atoms. The lowest BCUT2D eigenvalue weighted by Gasteiger charge is -2.27. The summed E-state index contributed by atoms with van der Waals surface area (Å²) in [5, 5.41) is 16.5. The summed E-state index contributed by atoms with van der Waals surface area (Å²) >= 11 is 1.53. The summed E-state index contributed by atoms with van der Waals surface area (Å²) in [6.45, 7) is 3.11. The first kappa shape index (κ1) is 27.4. The fraction of sp³-hybridized carbons (Fsp3) is 0.545. The van der Waals surface area contributed by atoms with E-state index in [2.05, 4.69) is 16.0 Å². The third kappa shape index (κ3) is 9.69. The first-order chi connectivity index (χ1) is 15.2. The number of nitrogens with one attached hydrogen (secondary N) is 3. The first-order valence-electron chi connectivity index (χ1n) is 10.6. The van der Waals surface area contributed by atoms with Crippen molar-refractivity contribution >= 4 is 35.5 Å². The molecule has 9 nitrogen and oxygen atoms in total. The molecule has 0 heterocycles. The van der Waals surface area contributed by atoms with Gasteiger partial charge in [0.2, 0.25) is 17.7 Å². The van der Waals surface area contributed by atoms with E-state index in [0.29, 0.717) is 25.0 Å². The molecule has 0 aliphatic carbocycles. The van der Waals surface area contributed by atoms with E-state index in [1.165, 1.54) is 11.8 Å². The Bertz CT molecular complexity index is 762. The van der Waals surface area contributed by atoms with Crippen LogP contribution in [0.2, 0.25) is 0 Å². The second kappa shape index (κ2) is 14.5. The van der Waals surface area contributed by atoms with E-state index in [-0.39, 0.29) is 5.92 Å². The summed E-state index contributed by atoms with van der Waals surface area (Å²) in [4.78, 5) is 48.8. The number of carboxylic acid groups (broad SMARTS) is 1. The molecule has 0 aliphatic heterocycles. The highest BCUT2D eigenvalue weighted by Gasteiger charge is 2.30. The van der Waals surface area contributed by atoms with Gasteiger partial charge in [-0.15, -0.1) is 0 Å². The average molecular weight is 467 g/mol. The summed E-state index contributed by atoms with van der Waals surface area (Å²) in [5.41, 5.74) is 6.95. The number of nitrogens with two attached hydrogens (primary N) is 1. The van der Waals surface area contributed by atoms with Crippen LogP contribution in [-0.4, -0.2) is 65.5 Å². The SMILES string of the molecule is CCC(C)C(NC(=O)C(CCSC)NC(=O)C(N)Cc1ccccc1)C(=O)NCC(=O)O. The van der Waals surface area contributed by atoms with Crippen molar-refractivity contribution in [1.29, 1.82) is 0 Å². The monoisotopic (exact) mass is 466 g/mol. The minimum Gasteiger partial charge on any atom is -0.480 e. The van der Waals surface area contributed by atoms with Gasteiger partial charge in [-0.2, -0.15) is 11.8 Å². The van der Waals surface area contributed by atoms with Crippen molar-refractivity contribution in [3.05, 3.63) is 35.9 Å². The maximum atomic E-state index is 13.0. The van der Waals surface area contributed by atoms with Crippen LogP contribution in [0.25, 0.3) is 0 Å². The van der Waals surface area contributed by atoms with Gasteiger partial charge in [0.1, 0.15) is 18.6 Å². The molecule has 0 radical (unpaired) electrons. The molecule has 1 aromatic rings. The smallest absolute Gasteiger partial charge is 0.322 e. The van der Waals surface area contributed by atoms with E-state index in [1.807, 2.05) is 43.5 Å². The van der Waals surface area contributed by atoms with Gasteiger partial charge >= 0.3 is 5.97 Å². The molecule has 4 unspecified atom stereocenters. The van der Waals surface area contributed by atoms with Gasteiger partial charge in [-0.3, -0.25) is 19.2 Å². The lowest BCUT2D eigenvalue weighted by Crippen LogP contribution is -2.57. The number of amides is 3. The highest BCUT2D eigenvalue weighted by molar-refractivity contribution is 7.98. The molecule has 32 heavy (non-hydrogen) atoms. The quantitative estimate of drug-likeness (QED) is 0.268. The Balaban J connectivity index is 2.85. The number of carbonyl (C=O) groups excluding carboxylic acids is 3. The third-order valence-electron chi connectivity index (χ3n) is 5.09. The van der Waals surface area contributed by atoms with Crippen LogP contribution in [-0.2, 0) is 25.6 Å². The highest BCUT2D eigenvalue weighted by atomic mass is 32.2. The van der Waals surface area contributed by atoms with Crippen molar-refractivity contribution in [2.75, 3.05) is 18.6 Å². The number of carbonyl (C=O) groups is 4. The van der Waals surface area contributed by atoms with Gasteiger partial charge in [0.05, 0.1) is 6.04 Å². The Labute approximate surface area is 193 Å². The van der Waals surface area contributed by atoms with Gasteiger partial charge < -0.3 is 26.8 Å². The van der Waals surface area contributed by atoms with Crippen molar-refractivity contribution in [2.45, 2.75) is 51.2 Å². The summed E-state index contributed by atoms with van der Waals surface area (Å²) in [6.07, 6.45) is 3.17. The molecular weight excluding hydrogens is 432 g/mol. The molecule has 4 atom stereocenters. The van der Waals surface area contributed by atoms with E-state index < -0.39 is 48.4 Å². The van der Waals surface area contributed by atoms with Crippen molar-refractivity contribution in [3.63, 3.8) is 0 Å². The second-order valence-corrected chi connectivity index (χ2v) is 8.61. The second-order valence-electron chi connectivity index (χ2n) is 7.62. The van der Waals surface area contributed by atoms with Gasteiger partial charge in [0.15, 0.2) is 0 Å². The van der Waals surface area contributed by atoms with E-state index in [0.717, 1.165) is 5.56 Å². The predicted molar refractivity (Wildman–Crippen MR) is 125 cm³/mol. The summed E-state index contributed by atoms with van der Waals surface area (Å²) in [7, 11) is 0. The zero-order chi connectivity index (χ0) is 24.1. The van der Waals surface area contributed by atoms with Gasteiger partial charge in [-0.1, -0.05) is 50.6 Å². The molecule has 0 aromatic heterocycles. The van der Waals surface area contributed by atoms with Crippen LogP contribution in [0.5, 0.6) is 0 Å². The fourth-order valence-electron chi connectivity index (χ4n) is 2.97. The van der Waals surface area contributed by atoms with Crippen LogP contribution in [0, 0.1) is 5.92 Å². The van der Waals surface area contributed by atoms with Gasteiger partial charge in [0.25, 0.3) is 0 Å². The van der Waals surface area contributed by atoms with Crippen molar-refractivity contribution < 1.29 is 24.3 Å². The van der Waals surface area contributed by atoms with Crippen LogP contribution in [0.15, 0.2) is 30.3 Å². The van der Waals surface area contributed by atoms with Gasteiger partial charge in [0, 0.05) is 0 Å². The zero-order valence-electron chi connectivity index (χ0n) is 18.8. The Hall–Kier alpha value is -2.59. The molecule has 1 aromatic carbocycles. The molecule has 0 saturated carbocycles. The molecule has 178 valence electrons. The number of hydrogen-bond donors (Lipinski definition) is 5. The van der Waals surface area contributed by atoms with Crippen LogP contribution in [0.1, 0.15) is 32.3 Å². The molecule has 6 N–H and O–H groups in total. The van der Waals surface area contributed by atoms with E-state index in [1.54, 1.807) is 6.92 Å². The lowest BCUT2D eigenvalue weighted by atomic mass is 9.97. The normalized spacial score (nSPS) is 14.5. The molecule has 3 amide bonds. The van der Waals surface area contributed by atoms with E-state index in [4.69, 9.17) is 10.8 Å². The maximum Gasteiger partial charge on any atom is 0.322 e. The van der Waals surface area contributed by atoms with Gasteiger partial charge in [-0.25, -0.2) is 0 Å². The fourth-order valence-corrected chi connectivity index (χ4v) is 3.44. The van der Waals surface area contributed by atoms with Crippen molar-refractivity contribution in [2.24, 2.45) is 11.7 Å². The third-order valence-corrected chi connectivity index (χ3v) is 5.73. The summed E-state index contributed by atoms with van der Waals surface area (Å²) in [6, 6.07) is 6.73. The standard InChI is InChI=1S/C22H34N4O5S/c1-4-14(2)19(22(31)24-13-18(27)28)26-21(30)17(10-11-32-3)25-20(29)16(23)12-15-8-6-5-7-9-15/h5-9,14,16-17,19H,4,10-13,23H2,1-3H3,(H,24,31)(H,25,29)(H,26,30)(H,27,28). The Morgan fingerprint density at radius 1 is 1.06 bits per heavy atom. The van der Waals surface area contributed by atoms with E-state index in [9.17, 15) is 19.2 Å². The molecular formula is C22H34N4O5S. The highest BCUT2D eigenvalue weighted by Crippen LogP contribution is 2.10. The topological polar surface area (TPSA) is 151 Å². The largest absolute Gasteiger partial charge is 0.480 e. The van der Waals surface area contributed by atoms with Crippen LogP contribution in [0.4, 0.5) is 0 Å². The minimum atomic E-state index is -1.18. The first-order valence-corrected chi connectivity index (χ1v) is 12.0. The number of aliphatic carboxylic acids is 1. The molecule has 10 heteroatoms. The maximum absolute atomic E-state index is 13.0. The van der Waals surface area contributed by atoms with Crippen molar-refractivity contribution in [3.8, 4) is 0 Å². The van der Waals surface area contributed by atoms with Crippen LogP contribution in [0.3, 0.4) is 0 Å². The van der Waals surface area contributed by atoms with E-state index >= 15 is 0 Å². The Kier molecular flexibility index (Phi) is 12.4. The number of carboxylic acids is 1. The Morgan fingerprint density at radius 2 is 1.72 bits per heavy atom. The summed E-state index contributed by atoms with van der Waals surface area (Å²) < 4.78 is 0. The Morgan fingerprint density at radius 3 is 2.28 bits per heavy atom.